The fraction of sp³-hybridized carbons (Fsp3) is 0.909. The van der Waals surface area contributed by atoms with Crippen molar-refractivity contribution < 1.29 is 14.3 Å². The molecule has 0 aromatic rings. The van der Waals surface area contributed by atoms with Gasteiger partial charge in [0.25, 0.3) is 0 Å². The highest BCUT2D eigenvalue weighted by Gasteiger charge is 2.48. The van der Waals surface area contributed by atoms with E-state index in [4.69, 9.17) is 15.2 Å². The number of esters is 1. The van der Waals surface area contributed by atoms with Gasteiger partial charge in [-0.05, 0) is 30.9 Å². The van der Waals surface area contributed by atoms with Crippen molar-refractivity contribution in [2.24, 2.45) is 11.7 Å². The number of hydrogen-bond acceptors (Lipinski definition) is 5. The van der Waals surface area contributed by atoms with E-state index in [-0.39, 0.29) is 5.97 Å². The summed E-state index contributed by atoms with van der Waals surface area (Å²) >= 11 is 1.71. The average Bonchev–Trinajstić information content (AvgIpc) is 3.11. The molecule has 1 unspecified atom stereocenters. The zero-order valence-corrected chi connectivity index (χ0v) is 10.8. The van der Waals surface area contributed by atoms with E-state index in [1.165, 1.54) is 7.11 Å². The van der Waals surface area contributed by atoms with Crippen LogP contribution >= 0.6 is 11.8 Å². The Bertz CT molecular complexity index is 233. The smallest absolute Gasteiger partial charge is 0.326 e. The van der Waals surface area contributed by atoms with Crippen molar-refractivity contribution in [3.05, 3.63) is 0 Å². The van der Waals surface area contributed by atoms with E-state index in [9.17, 15) is 4.79 Å². The molecular formula is C11H21NO3S. The van der Waals surface area contributed by atoms with Gasteiger partial charge in [0.2, 0.25) is 0 Å². The van der Waals surface area contributed by atoms with Gasteiger partial charge in [0.05, 0.1) is 7.11 Å². The first-order chi connectivity index (χ1) is 7.65. The predicted molar refractivity (Wildman–Crippen MR) is 65.5 cm³/mol. The van der Waals surface area contributed by atoms with Crippen LogP contribution in [-0.4, -0.2) is 43.8 Å². The lowest BCUT2D eigenvalue weighted by molar-refractivity contribution is -0.146. The first kappa shape index (κ1) is 13.8. The molecule has 1 fully saturated rings. The molecule has 1 rings (SSSR count). The summed E-state index contributed by atoms with van der Waals surface area (Å²) in [6.07, 6.45) is 3.08. The largest absolute Gasteiger partial charge is 0.468 e. The lowest BCUT2D eigenvalue weighted by Crippen LogP contribution is -2.53. The predicted octanol–water partition coefficient (Wildman–Crippen LogP) is 1.04. The zero-order chi connectivity index (χ0) is 12.0. The number of thioether (sulfide) groups is 1. The minimum Gasteiger partial charge on any atom is -0.468 e. The van der Waals surface area contributed by atoms with E-state index < -0.39 is 5.54 Å². The van der Waals surface area contributed by atoms with E-state index >= 15 is 0 Å². The van der Waals surface area contributed by atoms with E-state index in [0.717, 1.165) is 31.6 Å². The fourth-order valence-electron chi connectivity index (χ4n) is 1.68. The summed E-state index contributed by atoms with van der Waals surface area (Å²) in [6, 6.07) is 0. The second kappa shape index (κ2) is 6.47. The topological polar surface area (TPSA) is 61.5 Å². The minimum atomic E-state index is -0.771. The molecule has 94 valence electrons. The molecule has 0 spiro atoms. The Balaban J connectivity index is 2.31. The fourth-order valence-corrected chi connectivity index (χ4v) is 2.84. The number of ether oxygens (including phenoxy) is 2. The number of carbonyl (C=O) groups is 1. The van der Waals surface area contributed by atoms with Gasteiger partial charge in [-0.1, -0.05) is 0 Å². The van der Waals surface area contributed by atoms with Crippen LogP contribution in [0.2, 0.25) is 0 Å². The Labute approximate surface area is 101 Å². The second-order valence-electron chi connectivity index (χ2n) is 4.21. The summed E-state index contributed by atoms with van der Waals surface area (Å²) in [5, 5.41) is 0. The molecule has 1 atom stereocenters. The van der Waals surface area contributed by atoms with Crippen LogP contribution < -0.4 is 5.73 Å². The zero-order valence-electron chi connectivity index (χ0n) is 10.0. The van der Waals surface area contributed by atoms with Crippen molar-refractivity contribution in [3.63, 3.8) is 0 Å². The SMILES string of the molecule is COCCCSCC(N)(C(=O)OC)C1CC1. The Morgan fingerprint density at radius 3 is 2.69 bits per heavy atom. The molecule has 0 aromatic heterocycles. The molecule has 1 aliphatic carbocycles. The summed E-state index contributed by atoms with van der Waals surface area (Å²) in [7, 11) is 3.10. The number of nitrogens with two attached hydrogens (primary N) is 1. The highest BCUT2D eigenvalue weighted by atomic mass is 32.2. The molecule has 0 aromatic carbocycles. The molecule has 0 bridgehead atoms. The van der Waals surface area contributed by atoms with Crippen LogP contribution in [0.1, 0.15) is 19.3 Å². The van der Waals surface area contributed by atoms with Crippen molar-refractivity contribution in [2.75, 3.05) is 32.3 Å². The standard InChI is InChI=1S/C11H21NO3S/c1-14-6-3-7-16-8-11(12,9-4-5-9)10(13)15-2/h9H,3-8,12H2,1-2H3. The quantitative estimate of drug-likeness (QED) is 0.513. The monoisotopic (exact) mass is 247 g/mol. The normalized spacial score (nSPS) is 19.2. The van der Waals surface area contributed by atoms with E-state index in [1.807, 2.05) is 0 Å². The van der Waals surface area contributed by atoms with Crippen molar-refractivity contribution >= 4 is 17.7 Å². The third-order valence-corrected chi connectivity index (χ3v) is 4.11. The average molecular weight is 247 g/mol. The molecule has 0 heterocycles. The molecule has 0 saturated heterocycles. The number of carbonyl (C=O) groups excluding carboxylic acids is 1. The summed E-state index contributed by atoms with van der Waals surface area (Å²) in [4.78, 5) is 11.6. The van der Waals surface area contributed by atoms with E-state index in [1.54, 1.807) is 18.9 Å². The molecular weight excluding hydrogens is 226 g/mol. The first-order valence-corrected chi connectivity index (χ1v) is 6.74. The molecule has 0 aliphatic heterocycles. The Morgan fingerprint density at radius 1 is 1.50 bits per heavy atom. The molecule has 2 N–H and O–H groups in total. The lowest BCUT2D eigenvalue weighted by Gasteiger charge is -2.25. The van der Waals surface area contributed by atoms with Gasteiger partial charge in [0.15, 0.2) is 0 Å². The molecule has 1 saturated carbocycles. The maximum Gasteiger partial charge on any atom is 0.326 e. The summed E-state index contributed by atoms with van der Waals surface area (Å²) in [5.74, 6) is 1.66. The van der Waals surface area contributed by atoms with E-state index in [0.29, 0.717) is 11.7 Å². The van der Waals surface area contributed by atoms with Gasteiger partial charge in [0, 0.05) is 19.5 Å². The van der Waals surface area contributed by atoms with Gasteiger partial charge in [-0.25, -0.2) is 0 Å². The van der Waals surface area contributed by atoms with Gasteiger partial charge in [-0.2, -0.15) is 11.8 Å². The van der Waals surface area contributed by atoms with Crippen LogP contribution in [0.4, 0.5) is 0 Å². The van der Waals surface area contributed by atoms with Crippen molar-refractivity contribution in [2.45, 2.75) is 24.8 Å². The molecule has 1 aliphatic rings. The van der Waals surface area contributed by atoms with Gasteiger partial charge >= 0.3 is 5.97 Å². The van der Waals surface area contributed by atoms with Crippen LogP contribution in [0.5, 0.6) is 0 Å². The summed E-state index contributed by atoms with van der Waals surface area (Å²) in [5.41, 5.74) is 5.37. The highest BCUT2D eigenvalue weighted by Crippen LogP contribution is 2.40. The van der Waals surface area contributed by atoms with Crippen LogP contribution in [0.15, 0.2) is 0 Å². The van der Waals surface area contributed by atoms with Gasteiger partial charge < -0.3 is 15.2 Å². The number of hydrogen-bond donors (Lipinski definition) is 1. The molecule has 0 radical (unpaired) electrons. The van der Waals surface area contributed by atoms with Gasteiger partial charge in [-0.15, -0.1) is 0 Å². The highest BCUT2D eigenvalue weighted by molar-refractivity contribution is 7.99. The summed E-state index contributed by atoms with van der Waals surface area (Å²) < 4.78 is 9.76. The maximum atomic E-state index is 11.6. The van der Waals surface area contributed by atoms with E-state index in [2.05, 4.69) is 0 Å². The van der Waals surface area contributed by atoms with Crippen molar-refractivity contribution in [1.82, 2.24) is 0 Å². The Morgan fingerprint density at radius 2 is 2.19 bits per heavy atom. The van der Waals surface area contributed by atoms with Crippen LogP contribution in [0, 0.1) is 5.92 Å². The molecule has 16 heavy (non-hydrogen) atoms. The lowest BCUT2D eigenvalue weighted by atomic mass is 9.97. The number of rotatable bonds is 8. The third kappa shape index (κ3) is 3.64. The number of methoxy groups -OCH3 is 2. The van der Waals surface area contributed by atoms with Crippen LogP contribution in [0.3, 0.4) is 0 Å². The van der Waals surface area contributed by atoms with Gasteiger partial charge in [0.1, 0.15) is 5.54 Å². The molecule has 4 nitrogen and oxygen atoms in total. The summed E-state index contributed by atoms with van der Waals surface area (Å²) in [6.45, 7) is 0.756. The van der Waals surface area contributed by atoms with Crippen molar-refractivity contribution in [3.8, 4) is 0 Å². The Kier molecular flexibility index (Phi) is 5.58. The van der Waals surface area contributed by atoms with Crippen molar-refractivity contribution in [1.29, 1.82) is 0 Å². The van der Waals surface area contributed by atoms with Crippen LogP contribution in [-0.2, 0) is 14.3 Å². The third-order valence-electron chi connectivity index (χ3n) is 2.85. The second-order valence-corrected chi connectivity index (χ2v) is 5.31. The molecule has 0 amide bonds. The van der Waals surface area contributed by atoms with Gasteiger partial charge in [-0.3, -0.25) is 4.79 Å². The first-order valence-electron chi connectivity index (χ1n) is 5.59. The maximum absolute atomic E-state index is 11.6. The van der Waals surface area contributed by atoms with Crippen LogP contribution in [0.25, 0.3) is 0 Å². The minimum absolute atomic E-state index is 0.269. The molecule has 5 heteroatoms. The Hall–Kier alpha value is -0.260.